The van der Waals surface area contributed by atoms with Gasteiger partial charge in [0, 0.05) is 13.2 Å². The first-order valence-corrected chi connectivity index (χ1v) is 8.86. The third-order valence-electron chi connectivity index (χ3n) is 6.44. The van der Waals surface area contributed by atoms with Crippen molar-refractivity contribution >= 4 is 11.6 Å². The second-order valence-corrected chi connectivity index (χ2v) is 7.40. The van der Waals surface area contributed by atoms with Gasteiger partial charge in [0.25, 0.3) is 0 Å². The monoisotopic (exact) mass is 300 g/mol. The summed E-state index contributed by atoms with van der Waals surface area (Å²) in [5.74, 6) is 1.10. The van der Waals surface area contributed by atoms with E-state index in [0.29, 0.717) is 6.04 Å². The lowest BCUT2D eigenvalue weighted by molar-refractivity contribution is -0.122. The number of hydrogen-bond donors (Lipinski definition) is 1. The molecular formula is C19H28N2O. The van der Waals surface area contributed by atoms with E-state index in [9.17, 15) is 4.79 Å². The molecule has 0 aromatic heterocycles. The molecule has 0 bridgehead atoms. The molecule has 1 N–H and O–H groups in total. The highest BCUT2D eigenvalue weighted by Crippen LogP contribution is 2.45. The number of likely N-dealkylation sites (tertiary alicyclic amines) is 1. The fraction of sp³-hybridized carbons (Fsp3) is 0.632. The molecule has 1 unspecified atom stereocenters. The van der Waals surface area contributed by atoms with E-state index < -0.39 is 0 Å². The minimum absolute atomic E-state index is 0. The van der Waals surface area contributed by atoms with Crippen molar-refractivity contribution < 1.29 is 6.22 Å². The molecule has 2 fully saturated rings. The van der Waals surface area contributed by atoms with Gasteiger partial charge >= 0.3 is 0 Å². The van der Waals surface area contributed by atoms with Gasteiger partial charge in [0.05, 0.1) is 5.41 Å². The molecule has 1 spiro atoms. The van der Waals surface area contributed by atoms with Gasteiger partial charge in [-0.3, -0.25) is 4.79 Å². The Morgan fingerprint density at radius 1 is 1.23 bits per heavy atom. The maximum absolute atomic E-state index is 12.6. The number of carbonyl (C=O) groups excluding carboxylic acids is 1. The van der Waals surface area contributed by atoms with Gasteiger partial charge in [0.2, 0.25) is 5.91 Å². The number of hydrogen-bond acceptors (Lipinski definition) is 2. The Morgan fingerprint density at radius 3 is 2.64 bits per heavy atom. The zero-order chi connectivity index (χ0) is 15.2. The summed E-state index contributed by atoms with van der Waals surface area (Å²) < 4.78 is 0. The van der Waals surface area contributed by atoms with Crippen molar-refractivity contribution in [1.82, 2.24) is 4.90 Å². The highest BCUT2D eigenvalue weighted by atomic mass is 16.2. The molecule has 120 valence electrons. The van der Waals surface area contributed by atoms with E-state index in [1.807, 2.05) is 12.1 Å². The highest BCUT2D eigenvalue weighted by Gasteiger charge is 2.48. The Balaban J connectivity index is 0.00000156. The van der Waals surface area contributed by atoms with Crippen molar-refractivity contribution in [1.29, 1.82) is 0 Å². The fourth-order valence-electron chi connectivity index (χ4n) is 4.92. The number of rotatable bonds is 2. The number of para-hydroxylation sites is 1. The van der Waals surface area contributed by atoms with Crippen LogP contribution in [-0.2, 0) is 10.2 Å². The Labute approximate surface area is 134 Å². The Bertz CT molecular complexity index is 574. The molecule has 2 aliphatic heterocycles. The number of carbonyl (C=O) groups is 1. The first kappa shape index (κ1) is 14.3. The standard InChI is InChI=1S/C19H26N2O.H2/c1-14(15-6-2-3-7-15)21-12-10-19(11-13-21)16-8-4-5-9-17(16)20-18(19)22;/h4-5,8-9,14-15H,2-3,6-7,10-13H2,1H3,(H,20,22);1H. The van der Waals surface area contributed by atoms with Crippen LogP contribution in [0.5, 0.6) is 0 Å². The summed E-state index contributed by atoms with van der Waals surface area (Å²) in [6.07, 6.45) is 7.53. The van der Waals surface area contributed by atoms with Crippen molar-refractivity contribution in [3.63, 3.8) is 0 Å². The van der Waals surface area contributed by atoms with Crippen molar-refractivity contribution in [3.05, 3.63) is 29.8 Å². The minimum atomic E-state index is -0.261. The molecule has 3 nitrogen and oxygen atoms in total. The summed E-state index contributed by atoms with van der Waals surface area (Å²) in [4.78, 5) is 15.2. The average Bonchev–Trinajstić information content (AvgIpc) is 3.16. The van der Waals surface area contributed by atoms with Gasteiger partial charge < -0.3 is 10.2 Å². The summed E-state index contributed by atoms with van der Waals surface area (Å²) in [5, 5.41) is 3.10. The van der Waals surface area contributed by atoms with Crippen LogP contribution < -0.4 is 5.32 Å². The SMILES string of the molecule is CC(C1CCCC1)N1CCC2(CC1)C(=O)Nc1ccccc12.[HH]. The van der Waals surface area contributed by atoms with Crippen molar-refractivity contribution in [2.45, 2.75) is 56.9 Å². The van der Waals surface area contributed by atoms with Gasteiger partial charge in [-0.1, -0.05) is 31.0 Å². The van der Waals surface area contributed by atoms with Gasteiger partial charge in [-0.05, 0) is 63.2 Å². The predicted molar refractivity (Wildman–Crippen MR) is 91.1 cm³/mol. The van der Waals surface area contributed by atoms with E-state index in [-0.39, 0.29) is 12.7 Å². The van der Waals surface area contributed by atoms with Crippen LogP contribution in [0.15, 0.2) is 24.3 Å². The molecule has 1 atom stereocenters. The van der Waals surface area contributed by atoms with Gasteiger partial charge in [-0.2, -0.15) is 0 Å². The van der Waals surface area contributed by atoms with Crippen LogP contribution in [0.1, 0.15) is 52.4 Å². The summed E-state index contributed by atoms with van der Waals surface area (Å²) in [5.41, 5.74) is 2.00. The molecule has 3 aliphatic rings. The first-order chi connectivity index (χ1) is 10.7. The normalized spacial score (nSPS) is 26.1. The number of anilines is 1. The third kappa shape index (κ3) is 2.10. The van der Waals surface area contributed by atoms with Crippen molar-refractivity contribution in [3.8, 4) is 0 Å². The molecule has 1 aromatic carbocycles. The second kappa shape index (κ2) is 5.38. The molecular weight excluding hydrogens is 272 g/mol. The summed E-state index contributed by atoms with van der Waals surface area (Å²) >= 11 is 0. The Morgan fingerprint density at radius 2 is 1.91 bits per heavy atom. The van der Waals surface area contributed by atoms with Crippen LogP contribution >= 0.6 is 0 Å². The predicted octanol–water partition coefficient (Wildman–Crippen LogP) is 3.80. The number of piperidine rings is 1. The smallest absolute Gasteiger partial charge is 0.235 e. The van der Waals surface area contributed by atoms with Gasteiger partial charge in [0.15, 0.2) is 0 Å². The van der Waals surface area contributed by atoms with Crippen LogP contribution in [0.4, 0.5) is 5.69 Å². The lowest BCUT2D eigenvalue weighted by Crippen LogP contribution is -2.50. The average molecular weight is 300 g/mol. The van der Waals surface area contributed by atoms with Crippen LogP contribution in [0.3, 0.4) is 0 Å². The van der Waals surface area contributed by atoms with E-state index in [4.69, 9.17) is 0 Å². The molecule has 22 heavy (non-hydrogen) atoms. The molecule has 1 aromatic rings. The van der Waals surface area contributed by atoms with Crippen molar-refractivity contribution in [2.24, 2.45) is 5.92 Å². The largest absolute Gasteiger partial charge is 0.325 e. The Kier molecular flexibility index (Phi) is 3.48. The molecule has 1 aliphatic carbocycles. The van der Waals surface area contributed by atoms with Gasteiger partial charge in [-0.15, -0.1) is 0 Å². The van der Waals surface area contributed by atoms with E-state index in [2.05, 4.69) is 29.3 Å². The highest BCUT2D eigenvalue weighted by molar-refractivity contribution is 6.06. The number of nitrogens with one attached hydrogen (secondary N) is 1. The van der Waals surface area contributed by atoms with Crippen molar-refractivity contribution in [2.75, 3.05) is 18.4 Å². The van der Waals surface area contributed by atoms with E-state index >= 15 is 0 Å². The minimum Gasteiger partial charge on any atom is -0.325 e. The maximum Gasteiger partial charge on any atom is 0.235 e. The molecule has 2 heterocycles. The van der Waals surface area contributed by atoms with Gasteiger partial charge in [-0.25, -0.2) is 0 Å². The molecule has 1 saturated carbocycles. The molecule has 1 saturated heterocycles. The first-order valence-electron chi connectivity index (χ1n) is 8.86. The quantitative estimate of drug-likeness (QED) is 0.901. The molecule has 4 rings (SSSR count). The third-order valence-corrected chi connectivity index (χ3v) is 6.44. The van der Waals surface area contributed by atoms with Crippen LogP contribution in [0.2, 0.25) is 0 Å². The van der Waals surface area contributed by atoms with Gasteiger partial charge in [0.1, 0.15) is 0 Å². The molecule has 0 radical (unpaired) electrons. The number of amides is 1. The Hall–Kier alpha value is -1.35. The number of benzene rings is 1. The number of fused-ring (bicyclic) bond motifs is 2. The maximum atomic E-state index is 12.6. The van der Waals surface area contributed by atoms with Crippen LogP contribution in [-0.4, -0.2) is 29.9 Å². The zero-order valence-corrected chi connectivity index (χ0v) is 13.5. The lowest BCUT2D eigenvalue weighted by atomic mass is 9.73. The van der Waals surface area contributed by atoms with Crippen LogP contribution in [0.25, 0.3) is 0 Å². The fourth-order valence-corrected chi connectivity index (χ4v) is 4.92. The molecule has 1 amide bonds. The number of nitrogens with zero attached hydrogens (tertiary/aromatic N) is 1. The van der Waals surface area contributed by atoms with E-state index in [0.717, 1.165) is 37.5 Å². The zero-order valence-electron chi connectivity index (χ0n) is 13.5. The summed E-state index contributed by atoms with van der Waals surface area (Å²) in [6.45, 7) is 4.51. The van der Waals surface area contributed by atoms with E-state index in [1.165, 1.54) is 31.2 Å². The summed E-state index contributed by atoms with van der Waals surface area (Å²) in [6, 6.07) is 8.93. The van der Waals surface area contributed by atoms with Crippen LogP contribution in [0, 0.1) is 5.92 Å². The lowest BCUT2D eigenvalue weighted by Gasteiger charge is -2.42. The second-order valence-electron chi connectivity index (χ2n) is 7.40. The summed E-state index contributed by atoms with van der Waals surface area (Å²) in [7, 11) is 0. The molecule has 3 heteroatoms. The van der Waals surface area contributed by atoms with E-state index in [1.54, 1.807) is 0 Å². The topological polar surface area (TPSA) is 32.3 Å².